The first-order valence-corrected chi connectivity index (χ1v) is 16.9. The number of aromatic nitrogens is 4. The molecule has 7 rings (SSSR count). The number of amides is 1. The van der Waals surface area contributed by atoms with Gasteiger partial charge in [-0.1, -0.05) is 29.8 Å². The van der Waals surface area contributed by atoms with E-state index in [0.29, 0.717) is 41.1 Å². The van der Waals surface area contributed by atoms with E-state index in [1.165, 1.54) is 6.08 Å². The molecule has 3 aromatic rings. The van der Waals surface area contributed by atoms with E-state index in [4.69, 9.17) is 37.8 Å². The zero-order chi connectivity index (χ0) is 31.5. The summed E-state index contributed by atoms with van der Waals surface area (Å²) < 4.78 is 13.3. The number of carbonyl (C=O) groups is 1. The maximum atomic E-state index is 12.3. The van der Waals surface area contributed by atoms with Crippen LogP contribution in [0.5, 0.6) is 0 Å². The molecule has 4 aliphatic rings. The van der Waals surface area contributed by atoms with E-state index in [1.54, 1.807) is 0 Å². The summed E-state index contributed by atoms with van der Waals surface area (Å²) in [6.45, 7) is 17.1. The number of aromatic amines is 1. The van der Waals surface area contributed by atoms with Crippen LogP contribution in [0.4, 0.5) is 5.82 Å². The van der Waals surface area contributed by atoms with Crippen LogP contribution >= 0.6 is 23.2 Å². The lowest BCUT2D eigenvalue weighted by molar-refractivity contribution is -0.142. The molecule has 12 heteroatoms. The summed E-state index contributed by atoms with van der Waals surface area (Å²) >= 11 is 13.8. The molecule has 0 aliphatic carbocycles. The van der Waals surface area contributed by atoms with Crippen molar-refractivity contribution in [2.75, 3.05) is 57.5 Å². The summed E-state index contributed by atoms with van der Waals surface area (Å²) in [6, 6.07) is 3.00. The number of H-pyrrole nitrogens is 1. The molecule has 0 bridgehead atoms. The topological polar surface area (TPSA) is 91.8 Å². The normalized spacial score (nSPS) is 23.0. The third-order valence-electron chi connectivity index (χ3n) is 10.5. The molecule has 4 fully saturated rings. The summed E-state index contributed by atoms with van der Waals surface area (Å²) in [7, 11) is 0. The van der Waals surface area contributed by atoms with Crippen molar-refractivity contribution in [2.24, 2.45) is 5.92 Å². The van der Waals surface area contributed by atoms with Gasteiger partial charge in [0.15, 0.2) is 5.82 Å². The van der Waals surface area contributed by atoms with Crippen LogP contribution in [0.25, 0.3) is 22.0 Å². The molecule has 45 heavy (non-hydrogen) atoms. The number of hydrogen-bond donors (Lipinski definition) is 1. The van der Waals surface area contributed by atoms with Gasteiger partial charge in [0.1, 0.15) is 0 Å². The number of ether oxygens (including phenoxy) is 2. The van der Waals surface area contributed by atoms with Crippen molar-refractivity contribution in [1.29, 1.82) is 0 Å². The van der Waals surface area contributed by atoms with Crippen molar-refractivity contribution in [3.05, 3.63) is 40.7 Å². The monoisotopic (exact) mass is 655 g/mol. The molecule has 6 heterocycles. The smallest absolute Gasteiger partial charge is 0.245 e. The van der Waals surface area contributed by atoms with Crippen LogP contribution < -0.4 is 4.90 Å². The first-order chi connectivity index (χ1) is 21.7. The van der Waals surface area contributed by atoms with E-state index in [0.717, 1.165) is 98.7 Å². The Kier molecular flexibility index (Phi) is 8.40. The van der Waals surface area contributed by atoms with Crippen LogP contribution in [0.1, 0.15) is 51.3 Å². The molecule has 1 N–H and O–H groups in total. The standard InChI is InChI=1S/C33H43Cl2N7O3/c1-5-28(43)39-9-7-22(8-10-39)42-20(2)29(30-25-14-36-37-27(25)12-26(34)31(30)35)32(38-42)41-11-6-21(13-33(41,3)4)15-40(23-16-44-17-23)24-18-45-19-24/h5,12,14,21-24H,1,6-11,13,15-19H2,2-4H3,(H,36,37)/t21-/m1/s1. The minimum absolute atomic E-state index is 0.0158. The van der Waals surface area contributed by atoms with Crippen LogP contribution in [0.3, 0.4) is 0 Å². The van der Waals surface area contributed by atoms with E-state index in [-0.39, 0.29) is 17.5 Å². The largest absolute Gasteiger partial charge is 0.378 e. The Labute approximate surface area is 274 Å². The lowest BCUT2D eigenvalue weighted by Gasteiger charge is -2.50. The van der Waals surface area contributed by atoms with Gasteiger partial charge in [0, 0.05) is 53.9 Å². The molecule has 1 atom stereocenters. The van der Waals surface area contributed by atoms with Crippen LogP contribution in [-0.4, -0.2) is 106 Å². The number of nitrogens with zero attached hydrogens (tertiary/aromatic N) is 6. The number of benzene rings is 1. The fourth-order valence-electron chi connectivity index (χ4n) is 7.88. The second-order valence-corrected chi connectivity index (χ2v) is 14.6. The van der Waals surface area contributed by atoms with E-state index in [9.17, 15) is 4.79 Å². The van der Waals surface area contributed by atoms with Crippen LogP contribution in [0.15, 0.2) is 24.9 Å². The lowest BCUT2D eigenvalue weighted by Crippen LogP contribution is -2.61. The number of rotatable bonds is 8. The van der Waals surface area contributed by atoms with Gasteiger partial charge < -0.3 is 19.3 Å². The Bertz CT molecular complexity index is 1570. The Balaban J connectivity index is 1.24. The fourth-order valence-corrected chi connectivity index (χ4v) is 8.34. The van der Waals surface area contributed by atoms with Crippen molar-refractivity contribution in [1.82, 2.24) is 29.8 Å². The van der Waals surface area contributed by atoms with Crippen molar-refractivity contribution < 1.29 is 14.3 Å². The van der Waals surface area contributed by atoms with E-state index in [2.05, 4.69) is 52.0 Å². The number of carbonyl (C=O) groups excluding carboxylic acids is 1. The minimum atomic E-state index is -0.151. The van der Waals surface area contributed by atoms with Gasteiger partial charge in [-0.25, -0.2) is 0 Å². The van der Waals surface area contributed by atoms with Gasteiger partial charge in [-0.3, -0.25) is 19.5 Å². The highest BCUT2D eigenvalue weighted by Crippen LogP contribution is 2.48. The van der Waals surface area contributed by atoms with E-state index >= 15 is 0 Å². The van der Waals surface area contributed by atoms with Gasteiger partial charge in [0.2, 0.25) is 5.91 Å². The number of fused-ring (bicyclic) bond motifs is 1. The van der Waals surface area contributed by atoms with E-state index < -0.39 is 0 Å². The zero-order valence-corrected chi connectivity index (χ0v) is 27.9. The molecule has 4 aliphatic heterocycles. The average molecular weight is 657 g/mol. The third-order valence-corrected chi connectivity index (χ3v) is 11.3. The number of nitrogens with one attached hydrogen (secondary N) is 1. The highest BCUT2D eigenvalue weighted by molar-refractivity contribution is 6.45. The Morgan fingerprint density at radius 1 is 1.11 bits per heavy atom. The molecule has 1 amide bonds. The second kappa shape index (κ2) is 12.2. The maximum absolute atomic E-state index is 12.3. The minimum Gasteiger partial charge on any atom is -0.378 e. The highest BCUT2D eigenvalue weighted by Gasteiger charge is 2.42. The van der Waals surface area contributed by atoms with Gasteiger partial charge in [0.25, 0.3) is 0 Å². The number of anilines is 1. The Morgan fingerprint density at radius 3 is 2.40 bits per heavy atom. The number of halogens is 2. The second-order valence-electron chi connectivity index (χ2n) is 13.8. The molecule has 242 valence electrons. The molecule has 0 radical (unpaired) electrons. The van der Waals surface area contributed by atoms with Crippen molar-refractivity contribution in [3.8, 4) is 11.1 Å². The Morgan fingerprint density at radius 2 is 1.80 bits per heavy atom. The molecule has 0 saturated carbocycles. The maximum Gasteiger partial charge on any atom is 0.245 e. The van der Waals surface area contributed by atoms with Gasteiger partial charge in [-0.05, 0) is 64.5 Å². The SMILES string of the molecule is C=CC(=O)N1CCC(n2nc(N3CC[C@@H](CN(C4COC4)C4COC4)CC3(C)C)c(-c3c(Cl)c(Cl)cc4[nH]ncc34)c2C)CC1. The predicted octanol–water partition coefficient (Wildman–Crippen LogP) is 5.49. The van der Waals surface area contributed by atoms with E-state index in [1.807, 2.05) is 17.2 Å². The average Bonchev–Trinajstić information content (AvgIpc) is 3.55. The van der Waals surface area contributed by atoms with Crippen LogP contribution in [0, 0.1) is 12.8 Å². The number of piperidine rings is 2. The quantitative estimate of drug-likeness (QED) is 0.321. The molecule has 2 aromatic heterocycles. The van der Waals surface area contributed by atoms with Gasteiger partial charge >= 0.3 is 0 Å². The van der Waals surface area contributed by atoms with Gasteiger partial charge in [-0.15, -0.1) is 0 Å². The molecule has 10 nitrogen and oxygen atoms in total. The lowest BCUT2D eigenvalue weighted by atomic mass is 9.81. The first-order valence-electron chi connectivity index (χ1n) is 16.2. The highest BCUT2D eigenvalue weighted by atomic mass is 35.5. The Hall–Kier alpha value is -2.63. The summed E-state index contributed by atoms with van der Waals surface area (Å²) in [5, 5.41) is 14.7. The number of hydrogen-bond acceptors (Lipinski definition) is 7. The zero-order valence-electron chi connectivity index (χ0n) is 26.4. The summed E-state index contributed by atoms with van der Waals surface area (Å²) in [6.07, 6.45) is 6.98. The third kappa shape index (κ3) is 5.56. The number of likely N-dealkylation sites (tertiary alicyclic amines) is 1. The summed E-state index contributed by atoms with van der Waals surface area (Å²) in [5.74, 6) is 1.48. The molecule has 4 saturated heterocycles. The van der Waals surface area contributed by atoms with Gasteiger partial charge in [-0.2, -0.15) is 10.2 Å². The van der Waals surface area contributed by atoms with Crippen molar-refractivity contribution in [3.63, 3.8) is 0 Å². The first kappa shape index (κ1) is 31.0. The van der Waals surface area contributed by atoms with Gasteiger partial charge in [0.05, 0.1) is 66.3 Å². The van der Waals surface area contributed by atoms with Crippen LogP contribution in [-0.2, 0) is 14.3 Å². The van der Waals surface area contributed by atoms with Crippen molar-refractivity contribution >= 4 is 45.8 Å². The molecule has 1 aromatic carbocycles. The molecular formula is C33H43Cl2N7O3. The molecular weight excluding hydrogens is 613 g/mol. The molecule has 0 unspecified atom stereocenters. The molecule has 0 spiro atoms. The summed E-state index contributed by atoms with van der Waals surface area (Å²) in [5.41, 5.74) is 3.60. The fraction of sp³-hybridized carbons (Fsp3) is 0.606. The summed E-state index contributed by atoms with van der Waals surface area (Å²) in [4.78, 5) is 19.3. The predicted molar refractivity (Wildman–Crippen MR) is 177 cm³/mol. The van der Waals surface area contributed by atoms with Crippen LogP contribution in [0.2, 0.25) is 10.0 Å². The van der Waals surface area contributed by atoms with Crippen molar-refractivity contribution in [2.45, 2.75) is 70.1 Å².